The average Bonchev–Trinajstić information content (AvgIpc) is 0.811. The molecule has 0 aromatic rings. The minimum absolute atomic E-state index is 0. The molecule has 45 valence electrons. The van der Waals surface area contributed by atoms with E-state index in [9.17, 15) is 0 Å². The second-order valence-corrected chi connectivity index (χ2v) is 2.71. The van der Waals surface area contributed by atoms with E-state index >= 15 is 0 Å². The molecule has 0 atom stereocenters. The van der Waals surface area contributed by atoms with Gasteiger partial charge in [0, 0.05) is 43.7 Å². The van der Waals surface area contributed by atoms with Crippen molar-refractivity contribution in [1.29, 1.82) is 0 Å². The van der Waals surface area contributed by atoms with Gasteiger partial charge in [-0.2, -0.15) is 0 Å². The largest absolute Gasteiger partial charge is 0.412 e. The normalized spacial score (nSPS) is 5.83. The Morgan fingerprint density at radius 2 is 1.33 bits per heavy atom. The summed E-state index contributed by atoms with van der Waals surface area (Å²) in [5, 5.41) is 0. The summed E-state index contributed by atoms with van der Waals surface area (Å²) >= 11 is 0. The molecule has 0 saturated carbocycles. The van der Waals surface area contributed by atoms with Gasteiger partial charge in [0.05, 0.1) is 0 Å². The molecular formula is H2AuCl2O2S. The molecule has 0 aromatic carbocycles. The van der Waals surface area contributed by atoms with Crippen LogP contribution in [0, 0.1) is 0 Å². The SMILES string of the molecule is O.O=S(Cl)Cl.[Au]. The molecule has 0 aromatic heterocycles. The van der Waals surface area contributed by atoms with Crippen LogP contribution in [0.25, 0.3) is 0 Å². The van der Waals surface area contributed by atoms with Crippen LogP contribution in [0.2, 0.25) is 0 Å². The van der Waals surface area contributed by atoms with Crippen molar-refractivity contribution in [3.05, 3.63) is 0 Å². The van der Waals surface area contributed by atoms with Crippen LogP contribution in [-0.2, 0) is 31.6 Å². The second-order valence-electron chi connectivity index (χ2n) is 0.184. The monoisotopic (exact) mass is 333 g/mol. The summed E-state index contributed by atoms with van der Waals surface area (Å²) < 4.78 is 9.09. The summed E-state index contributed by atoms with van der Waals surface area (Å²) in [6.45, 7) is 0. The van der Waals surface area contributed by atoms with E-state index in [2.05, 4.69) is 21.4 Å². The third-order valence-corrected chi connectivity index (χ3v) is 0. The molecule has 0 aliphatic heterocycles. The first-order valence-electron chi connectivity index (χ1n) is 0.475. The fourth-order valence-electron chi connectivity index (χ4n) is 0. The van der Waals surface area contributed by atoms with E-state index in [0.717, 1.165) is 0 Å². The third-order valence-electron chi connectivity index (χ3n) is 0. The predicted molar refractivity (Wildman–Crippen MR) is 23.5 cm³/mol. The maximum absolute atomic E-state index is 9.09. The first-order valence-corrected chi connectivity index (χ1v) is 3.28. The molecular weight excluding hydrogens is 332 g/mol. The van der Waals surface area contributed by atoms with Gasteiger partial charge in [-0.25, -0.2) is 4.21 Å². The van der Waals surface area contributed by atoms with Crippen molar-refractivity contribution < 1.29 is 32.1 Å². The first kappa shape index (κ1) is 15.7. The first-order chi connectivity index (χ1) is 1.73. The van der Waals surface area contributed by atoms with Gasteiger partial charge in [-0.1, -0.05) is 0 Å². The van der Waals surface area contributed by atoms with Crippen molar-refractivity contribution in [1.82, 2.24) is 0 Å². The molecule has 1 radical (unpaired) electrons. The Hall–Kier alpha value is 1.43. The zero-order valence-electron chi connectivity index (χ0n) is 2.37. The zero-order valence-corrected chi connectivity index (χ0v) is 6.87. The maximum Gasteiger partial charge on any atom is 0.211 e. The minimum Gasteiger partial charge on any atom is -0.412 e. The molecule has 2 nitrogen and oxygen atoms in total. The minimum atomic E-state index is -1.67. The molecule has 0 spiro atoms. The van der Waals surface area contributed by atoms with Crippen LogP contribution >= 0.6 is 21.4 Å². The average molecular weight is 334 g/mol. The van der Waals surface area contributed by atoms with Crippen LogP contribution in [-0.4, -0.2) is 9.69 Å². The Kier molecular flexibility index (Phi) is 25.2. The van der Waals surface area contributed by atoms with E-state index in [4.69, 9.17) is 4.21 Å². The van der Waals surface area contributed by atoms with Crippen molar-refractivity contribution >= 4 is 30.6 Å². The number of halogens is 2. The smallest absolute Gasteiger partial charge is 0.211 e. The van der Waals surface area contributed by atoms with E-state index < -0.39 is 9.23 Å². The third kappa shape index (κ3) is 52.1. The molecule has 0 saturated heterocycles. The van der Waals surface area contributed by atoms with Crippen LogP contribution in [0.15, 0.2) is 0 Å². The molecule has 0 fully saturated rings. The van der Waals surface area contributed by atoms with Crippen molar-refractivity contribution in [2.75, 3.05) is 0 Å². The summed E-state index contributed by atoms with van der Waals surface area (Å²) in [4.78, 5) is 0. The second kappa shape index (κ2) is 9.66. The van der Waals surface area contributed by atoms with Gasteiger partial charge in [-0.05, 0) is 0 Å². The van der Waals surface area contributed by atoms with Crippen LogP contribution < -0.4 is 0 Å². The van der Waals surface area contributed by atoms with Gasteiger partial charge in [0.1, 0.15) is 0 Å². The van der Waals surface area contributed by atoms with Gasteiger partial charge in [-0.15, -0.1) is 0 Å². The van der Waals surface area contributed by atoms with Crippen molar-refractivity contribution in [2.24, 2.45) is 0 Å². The molecule has 0 unspecified atom stereocenters. The number of hydrogen-bond donors (Lipinski definition) is 0. The predicted octanol–water partition coefficient (Wildman–Crippen LogP) is 0.216. The summed E-state index contributed by atoms with van der Waals surface area (Å²) in [5.74, 6) is 0. The van der Waals surface area contributed by atoms with Crippen molar-refractivity contribution in [2.45, 2.75) is 0 Å². The Morgan fingerprint density at radius 3 is 1.33 bits per heavy atom. The molecule has 6 heteroatoms. The van der Waals surface area contributed by atoms with Gasteiger partial charge < -0.3 is 5.48 Å². The van der Waals surface area contributed by atoms with Gasteiger partial charge in [-0.3, -0.25) is 0 Å². The molecule has 0 rings (SSSR count). The zero-order chi connectivity index (χ0) is 3.58. The molecule has 2 N–H and O–H groups in total. The number of rotatable bonds is 0. The van der Waals surface area contributed by atoms with E-state index in [1.807, 2.05) is 0 Å². The topological polar surface area (TPSA) is 48.6 Å². The van der Waals surface area contributed by atoms with Gasteiger partial charge in [0.2, 0.25) is 9.23 Å². The van der Waals surface area contributed by atoms with Crippen molar-refractivity contribution in [3.8, 4) is 0 Å². The van der Waals surface area contributed by atoms with E-state index in [-0.39, 0.29) is 27.9 Å². The number of hydrogen-bond acceptors (Lipinski definition) is 1. The van der Waals surface area contributed by atoms with Crippen LogP contribution in [0.5, 0.6) is 0 Å². The Balaban J connectivity index is -0.0000000450. The standard InChI is InChI=1S/Au.Cl2OS.H2O/c;1-4(2)3;/h;;1H2. The van der Waals surface area contributed by atoms with E-state index in [0.29, 0.717) is 0 Å². The van der Waals surface area contributed by atoms with Crippen LogP contribution in [0.4, 0.5) is 0 Å². The van der Waals surface area contributed by atoms with Crippen LogP contribution in [0.1, 0.15) is 0 Å². The quantitative estimate of drug-likeness (QED) is 0.462. The Bertz CT molecular complexity index is 34.5. The van der Waals surface area contributed by atoms with Crippen LogP contribution in [0.3, 0.4) is 0 Å². The fraction of sp³-hybridized carbons (Fsp3) is 0. The van der Waals surface area contributed by atoms with Crippen molar-refractivity contribution in [3.63, 3.8) is 0 Å². The molecule has 0 bridgehead atoms. The fourth-order valence-corrected chi connectivity index (χ4v) is 0. The van der Waals surface area contributed by atoms with E-state index in [1.54, 1.807) is 0 Å². The molecule has 0 amide bonds. The van der Waals surface area contributed by atoms with E-state index in [1.165, 1.54) is 0 Å². The molecule has 0 aliphatic carbocycles. The molecule has 0 heterocycles. The summed E-state index contributed by atoms with van der Waals surface area (Å²) in [6.07, 6.45) is 0. The summed E-state index contributed by atoms with van der Waals surface area (Å²) in [7, 11) is 7.36. The summed E-state index contributed by atoms with van der Waals surface area (Å²) in [5.41, 5.74) is 0. The Morgan fingerprint density at radius 1 is 1.33 bits per heavy atom. The Labute approximate surface area is 62.5 Å². The van der Waals surface area contributed by atoms with Gasteiger partial charge in [0.25, 0.3) is 0 Å². The maximum atomic E-state index is 9.09. The molecule has 6 heavy (non-hydrogen) atoms. The van der Waals surface area contributed by atoms with Gasteiger partial charge in [0.15, 0.2) is 0 Å². The summed E-state index contributed by atoms with van der Waals surface area (Å²) in [6, 6.07) is 0. The molecule has 0 aliphatic rings. The van der Waals surface area contributed by atoms with Gasteiger partial charge >= 0.3 is 0 Å².